The molecule has 5 nitrogen and oxygen atoms in total. The molecule has 0 amide bonds. The van der Waals surface area contributed by atoms with Gasteiger partial charge in [0.1, 0.15) is 0 Å². The number of aromatic carboxylic acids is 1. The van der Waals surface area contributed by atoms with Gasteiger partial charge in [-0.3, -0.25) is 4.79 Å². The van der Waals surface area contributed by atoms with Gasteiger partial charge in [0.05, 0.1) is 11.3 Å². The molecule has 0 aliphatic carbocycles. The largest absolute Gasteiger partial charge is 0.478 e. The van der Waals surface area contributed by atoms with Crippen LogP contribution in [0.5, 0.6) is 0 Å². The molecule has 0 saturated heterocycles. The number of anilines is 1. The van der Waals surface area contributed by atoms with Crippen molar-refractivity contribution in [2.75, 3.05) is 11.9 Å². The van der Waals surface area contributed by atoms with E-state index in [1.165, 1.54) is 56.2 Å². The molecule has 31 heavy (non-hydrogen) atoms. The number of ether oxygens (including phenoxy) is 1. The van der Waals surface area contributed by atoms with E-state index in [2.05, 4.69) is 28.2 Å². The fourth-order valence-corrected chi connectivity index (χ4v) is 3.85. The van der Waals surface area contributed by atoms with E-state index in [-0.39, 0.29) is 11.3 Å². The maximum Gasteiger partial charge on any atom is 0.335 e. The van der Waals surface area contributed by atoms with E-state index in [0.29, 0.717) is 22.3 Å². The average Bonchev–Trinajstić information content (AvgIpc) is 2.77. The number of carboxylic acid groups (broad SMARTS) is 1. The Labute approximate surface area is 193 Å². The molecule has 0 fully saturated rings. The van der Waals surface area contributed by atoms with Gasteiger partial charge < -0.3 is 15.2 Å². The van der Waals surface area contributed by atoms with Gasteiger partial charge in [0.25, 0.3) is 0 Å². The van der Waals surface area contributed by atoms with E-state index in [1.54, 1.807) is 6.07 Å². The number of benzene rings is 2. The number of carboxylic acids is 1. The van der Waals surface area contributed by atoms with Crippen LogP contribution in [0, 0.1) is 0 Å². The molecule has 0 spiro atoms. The number of halogens is 1. The molecule has 0 bridgehead atoms. The Balaban J connectivity index is 1.99. The van der Waals surface area contributed by atoms with Crippen molar-refractivity contribution in [3.8, 4) is 0 Å². The molecule has 2 aromatic rings. The lowest BCUT2D eigenvalue weighted by atomic mass is 10.0. The van der Waals surface area contributed by atoms with Gasteiger partial charge in [-0.25, -0.2) is 4.79 Å². The van der Waals surface area contributed by atoms with Crippen LogP contribution in [-0.4, -0.2) is 29.7 Å². The normalized spacial score (nSPS) is 11.8. The van der Waals surface area contributed by atoms with Gasteiger partial charge in [-0.2, -0.15) is 0 Å². The van der Waals surface area contributed by atoms with Crippen LogP contribution in [-0.2, 0) is 11.2 Å². The first-order valence-corrected chi connectivity index (χ1v) is 11.8. The average molecular weight is 490 g/mol. The number of carbonyl (C=O) groups is 2. The predicted molar refractivity (Wildman–Crippen MR) is 128 cm³/mol. The summed E-state index contributed by atoms with van der Waals surface area (Å²) in [6.45, 7) is 4.42. The standard InChI is InChI=1S/C25H32BrNO4/c1-3-5-6-7-8-9-10-18-11-13-19(14-12-18)23(28)24(31-4-2)27-22-16-15-20(25(29)30)17-21(22)26/h11-17,24,27H,3-10H2,1-2H3,(H,29,30). The summed E-state index contributed by atoms with van der Waals surface area (Å²) in [6, 6.07) is 12.3. The highest BCUT2D eigenvalue weighted by atomic mass is 79.9. The van der Waals surface area contributed by atoms with Crippen molar-refractivity contribution < 1.29 is 19.4 Å². The minimum absolute atomic E-state index is 0.165. The fraction of sp³-hybridized carbons (Fsp3) is 0.440. The summed E-state index contributed by atoms with van der Waals surface area (Å²) in [5.41, 5.74) is 2.57. The lowest BCUT2D eigenvalue weighted by Gasteiger charge is -2.20. The van der Waals surface area contributed by atoms with E-state index in [9.17, 15) is 9.59 Å². The predicted octanol–water partition coefficient (Wildman–Crippen LogP) is 6.71. The Kier molecular flexibility index (Phi) is 10.7. The molecule has 0 aromatic heterocycles. The first-order chi connectivity index (χ1) is 15.0. The first kappa shape index (κ1) is 25.1. The van der Waals surface area contributed by atoms with Crippen LogP contribution in [0.1, 0.15) is 78.7 Å². The molecule has 2 N–H and O–H groups in total. The van der Waals surface area contributed by atoms with E-state index in [0.717, 1.165) is 6.42 Å². The highest BCUT2D eigenvalue weighted by molar-refractivity contribution is 9.10. The summed E-state index contributed by atoms with van der Waals surface area (Å²) in [4.78, 5) is 24.1. The molecule has 0 heterocycles. The number of carbonyl (C=O) groups excluding carboxylic acids is 1. The third-order valence-electron chi connectivity index (χ3n) is 5.13. The topological polar surface area (TPSA) is 75.6 Å². The zero-order valence-electron chi connectivity index (χ0n) is 18.3. The van der Waals surface area contributed by atoms with Crippen LogP contribution in [0.15, 0.2) is 46.9 Å². The van der Waals surface area contributed by atoms with E-state index < -0.39 is 12.2 Å². The number of unbranched alkanes of at least 4 members (excludes halogenated alkanes) is 5. The van der Waals surface area contributed by atoms with Gasteiger partial charge in [-0.15, -0.1) is 0 Å². The molecule has 6 heteroatoms. The van der Waals surface area contributed by atoms with Crippen molar-refractivity contribution in [1.29, 1.82) is 0 Å². The van der Waals surface area contributed by atoms with E-state index in [4.69, 9.17) is 9.84 Å². The SMILES string of the molecule is CCCCCCCCc1ccc(C(=O)C(Nc2ccc(C(=O)O)cc2Br)OCC)cc1. The lowest BCUT2D eigenvalue weighted by Crippen LogP contribution is -2.32. The Bertz CT molecular complexity index is 851. The van der Waals surface area contributed by atoms with Crippen molar-refractivity contribution in [2.45, 2.75) is 65.0 Å². The van der Waals surface area contributed by atoms with Crippen LogP contribution in [0.3, 0.4) is 0 Å². The summed E-state index contributed by atoms with van der Waals surface area (Å²) in [5.74, 6) is -1.17. The number of hydrogen-bond donors (Lipinski definition) is 2. The van der Waals surface area contributed by atoms with Crippen LogP contribution in [0.2, 0.25) is 0 Å². The van der Waals surface area contributed by atoms with Crippen LogP contribution >= 0.6 is 15.9 Å². The quantitative estimate of drug-likeness (QED) is 0.175. The summed E-state index contributed by atoms with van der Waals surface area (Å²) in [5, 5.41) is 12.2. The molecule has 1 unspecified atom stereocenters. The molecule has 2 rings (SSSR count). The van der Waals surface area contributed by atoms with Crippen molar-refractivity contribution in [3.63, 3.8) is 0 Å². The fourth-order valence-electron chi connectivity index (χ4n) is 3.35. The van der Waals surface area contributed by atoms with Crippen molar-refractivity contribution >= 4 is 33.4 Å². The maximum absolute atomic E-state index is 13.0. The van der Waals surface area contributed by atoms with Gasteiger partial charge in [-0.05, 0) is 59.5 Å². The number of ketones is 1. The Morgan fingerprint density at radius 1 is 0.968 bits per heavy atom. The molecular formula is C25H32BrNO4. The smallest absolute Gasteiger partial charge is 0.335 e. The Morgan fingerprint density at radius 3 is 2.23 bits per heavy atom. The third kappa shape index (κ3) is 8.11. The number of nitrogens with one attached hydrogen (secondary N) is 1. The lowest BCUT2D eigenvalue weighted by molar-refractivity contribution is 0.0549. The first-order valence-electron chi connectivity index (χ1n) is 11.0. The molecule has 0 aliphatic heterocycles. The maximum atomic E-state index is 13.0. The van der Waals surface area contributed by atoms with Gasteiger partial charge in [-0.1, -0.05) is 63.3 Å². The van der Waals surface area contributed by atoms with Gasteiger partial charge in [0, 0.05) is 16.6 Å². The molecule has 1 atom stereocenters. The van der Waals surface area contributed by atoms with Crippen molar-refractivity contribution in [3.05, 3.63) is 63.6 Å². The van der Waals surface area contributed by atoms with Crippen molar-refractivity contribution in [1.82, 2.24) is 0 Å². The summed E-state index contributed by atoms with van der Waals surface area (Å²) >= 11 is 3.36. The van der Waals surface area contributed by atoms with Crippen molar-refractivity contribution in [2.24, 2.45) is 0 Å². The third-order valence-corrected chi connectivity index (χ3v) is 5.79. The monoisotopic (exact) mass is 489 g/mol. The molecule has 168 valence electrons. The second-order valence-corrected chi connectivity index (χ2v) is 8.41. The Morgan fingerprint density at radius 2 is 1.61 bits per heavy atom. The second kappa shape index (κ2) is 13.3. The number of rotatable bonds is 14. The van der Waals surface area contributed by atoms with E-state index in [1.807, 2.05) is 31.2 Å². The van der Waals surface area contributed by atoms with Crippen LogP contribution in [0.4, 0.5) is 5.69 Å². The van der Waals surface area contributed by atoms with Crippen LogP contribution in [0.25, 0.3) is 0 Å². The zero-order chi connectivity index (χ0) is 22.6. The highest BCUT2D eigenvalue weighted by Gasteiger charge is 2.21. The summed E-state index contributed by atoms with van der Waals surface area (Å²) in [6.07, 6.45) is 7.74. The number of hydrogen-bond acceptors (Lipinski definition) is 4. The molecule has 0 saturated carbocycles. The zero-order valence-corrected chi connectivity index (χ0v) is 19.9. The highest BCUT2D eigenvalue weighted by Crippen LogP contribution is 2.25. The van der Waals surface area contributed by atoms with E-state index >= 15 is 0 Å². The molecule has 0 aliphatic rings. The molecule has 0 radical (unpaired) electrons. The molecular weight excluding hydrogens is 458 g/mol. The van der Waals surface area contributed by atoms with Crippen LogP contribution < -0.4 is 5.32 Å². The molecule has 2 aromatic carbocycles. The van der Waals surface area contributed by atoms with Gasteiger partial charge in [0.15, 0.2) is 6.23 Å². The number of aryl methyl sites for hydroxylation is 1. The Hall–Kier alpha value is -2.18. The van der Waals surface area contributed by atoms with Gasteiger partial charge >= 0.3 is 5.97 Å². The summed E-state index contributed by atoms with van der Waals surface area (Å²) in [7, 11) is 0. The number of Topliss-reactive ketones (excluding diaryl/α,β-unsaturated/α-hetero) is 1. The minimum atomic E-state index is -1.01. The summed E-state index contributed by atoms with van der Waals surface area (Å²) < 4.78 is 6.19. The van der Waals surface area contributed by atoms with Gasteiger partial charge in [0.2, 0.25) is 5.78 Å². The minimum Gasteiger partial charge on any atom is -0.478 e. The second-order valence-electron chi connectivity index (χ2n) is 7.56.